The Morgan fingerprint density at radius 2 is 2.17 bits per heavy atom. The highest BCUT2D eigenvalue weighted by molar-refractivity contribution is 6.01. The number of nitrogens with zero attached hydrogens (tertiary/aromatic N) is 3. The van der Waals surface area contributed by atoms with Gasteiger partial charge in [-0.25, -0.2) is 0 Å². The van der Waals surface area contributed by atoms with Crippen molar-refractivity contribution in [1.29, 1.82) is 5.26 Å². The Hall–Kier alpha value is -3.34. The van der Waals surface area contributed by atoms with Gasteiger partial charge in [-0.05, 0) is 38.5 Å². The maximum atomic E-state index is 11.9. The van der Waals surface area contributed by atoms with E-state index in [1.165, 1.54) is 0 Å². The van der Waals surface area contributed by atoms with Gasteiger partial charge in [-0.15, -0.1) is 0 Å². The summed E-state index contributed by atoms with van der Waals surface area (Å²) in [5, 5.41) is 9.40. The van der Waals surface area contributed by atoms with Crippen LogP contribution in [0.1, 0.15) is 37.0 Å². The minimum Gasteiger partial charge on any atom is -0.492 e. The number of rotatable bonds is 7. The molecule has 3 rings (SSSR count). The van der Waals surface area contributed by atoms with Crippen LogP contribution in [0.25, 0.3) is 10.9 Å². The molecule has 1 fully saturated rings. The number of likely N-dealkylation sites (tertiary alicyclic amines) is 1. The Bertz CT molecular complexity index is 967. The van der Waals surface area contributed by atoms with Crippen molar-refractivity contribution < 1.29 is 19.1 Å². The second-order valence-corrected chi connectivity index (χ2v) is 7.35. The molecule has 1 atom stereocenters. The second-order valence-electron chi connectivity index (χ2n) is 7.35. The summed E-state index contributed by atoms with van der Waals surface area (Å²) in [6, 6.07) is 7.00. The molecule has 152 valence electrons. The van der Waals surface area contributed by atoms with Gasteiger partial charge in [0.25, 0.3) is 5.91 Å². The van der Waals surface area contributed by atoms with Gasteiger partial charge in [0.05, 0.1) is 29.9 Å². The molecule has 1 aliphatic heterocycles. The molecule has 2 amide bonds. The Labute approximate surface area is 169 Å². The van der Waals surface area contributed by atoms with Crippen molar-refractivity contribution >= 4 is 22.7 Å². The summed E-state index contributed by atoms with van der Waals surface area (Å²) < 4.78 is 11.8. The van der Waals surface area contributed by atoms with E-state index in [0.29, 0.717) is 36.7 Å². The third kappa shape index (κ3) is 4.74. The van der Waals surface area contributed by atoms with Crippen molar-refractivity contribution in [3.05, 3.63) is 30.0 Å². The molecule has 0 spiro atoms. The number of nitrogens with two attached hydrogens (primary N) is 1. The highest BCUT2D eigenvalue weighted by Crippen LogP contribution is 2.32. The number of aromatic nitrogens is 1. The predicted octanol–water partition coefficient (Wildman–Crippen LogP) is 2.26. The molecule has 1 aromatic carbocycles. The lowest BCUT2D eigenvalue weighted by atomic mass is 10.1. The molecule has 8 nitrogen and oxygen atoms in total. The second kappa shape index (κ2) is 8.78. The summed E-state index contributed by atoms with van der Waals surface area (Å²) in [5.74, 6) is 0.494. The zero-order chi connectivity index (χ0) is 21.0. The predicted molar refractivity (Wildman–Crippen MR) is 106 cm³/mol. The molecule has 2 aromatic rings. The highest BCUT2D eigenvalue weighted by Gasteiger charge is 2.26. The van der Waals surface area contributed by atoms with E-state index in [0.717, 1.165) is 11.8 Å². The first-order valence-electron chi connectivity index (χ1n) is 9.55. The summed E-state index contributed by atoms with van der Waals surface area (Å²) in [4.78, 5) is 29.7. The van der Waals surface area contributed by atoms with Crippen molar-refractivity contribution in [2.75, 3.05) is 19.7 Å². The van der Waals surface area contributed by atoms with E-state index in [4.69, 9.17) is 20.5 Å². The lowest BCUT2D eigenvalue weighted by Gasteiger charge is -2.17. The van der Waals surface area contributed by atoms with Crippen LogP contribution >= 0.6 is 0 Å². The van der Waals surface area contributed by atoms with E-state index in [1.807, 2.05) is 19.9 Å². The van der Waals surface area contributed by atoms with E-state index in [-0.39, 0.29) is 29.9 Å². The van der Waals surface area contributed by atoms with Gasteiger partial charge in [-0.2, -0.15) is 5.26 Å². The van der Waals surface area contributed by atoms with Gasteiger partial charge < -0.3 is 20.1 Å². The van der Waals surface area contributed by atoms with Crippen LogP contribution in [0.3, 0.4) is 0 Å². The number of hydrogen-bond donors (Lipinski definition) is 1. The number of primary amides is 1. The smallest absolute Gasteiger partial charge is 0.252 e. The van der Waals surface area contributed by atoms with Crippen LogP contribution in [0.15, 0.2) is 24.4 Å². The van der Waals surface area contributed by atoms with Crippen LogP contribution in [-0.4, -0.2) is 47.5 Å². The lowest BCUT2D eigenvalue weighted by Crippen LogP contribution is -2.28. The topological polar surface area (TPSA) is 119 Å². The number of carbonyl (C=O) groups excluding carboxylic acids is 2. The van der Waals surface area contributed by atoms with Gasteiger partial charge in [0, 0.05) is 30.6 Å². The molecule has 0 saturated carbocycles. The fourth-order valence-electron chi connectivity index (χ4n) is 3.40. The van der Waals surface area contributed by atoms with Crippen LogP contribution < -0.4 is 15.2 Å². The van der Waals surface area contributed by atoms with Crippen LogP contribution in [0.5, 0.6) is 11.5 Å². The zero-order valence-electron chi connectivity index (χ0n) is 16.6. The fraction of sp³-hybridized carbons (Fsp3) is 0.429. The van der Waals surface area contributed by atoms with Gasteiger partial charge in [0.15, 0.2) is 0 Å². The number of hydrogen-bond acceptors (Lipinski definition) is 6. The van der Waals surface area contributed by atoms with Crippen LogP contribution in [0, 0.1) is 17.2 Å². The minimum absolute atomic E-state index is 0.0939. The van der Waals surface area contributed by atoms with E-state index < -0.39 is 5.91 Å². The Balaban J connectivity index is 1.79. The standard InChI is InChI=1S/C21H24N4O4/c1-13(2)29-19-10-15-17(9-16(19)21(23)27)24-7-4-18(15)28-12-14-5-8-25(11-14)20(26)3-6-22/h4,7,9-10,13-14H,3,5,8,11-12H2,1-2H3,(H2,23,27)/t14-/m1/s1. The van der Waals surface area contributed by atoms with Crippen molar-refractivity contribution in [3.63, 3.8) is 0 Å². The maximum absolute atomic E-state index is 11.9. The van der Waals surface area contributed by atoms with Crippen LogP contribution in [-0.2, 0) is 4.79 Å². The van der Waals surface area contributed by atoms with Crippen molar-refractivity contribution in [1.82, 2.24) is 9.88 Å². The monoisotopic (exact) mass is 396 g/mol. The maximum Gasteiger partial charge on any atom is 0.252 e. The van der Waals surface area contributed by atoms with Crippen LogP contribution in [0.4, 0.5) is 0 Å². The molecule has 1 aromatic heterocycles. The van der Waals surface area contributed by atoms with Crippen LogP contribution in [0.2, 0.25) is 0 Å². The molecule has 0 aliphatic carbocycles. The number of amides is 2. The summed E-state index contributed by atoms with van der Waals surface area (Å²) >= 11 is 0. The number of pyridine rings is 1. The van der Waals surface area contributed by atoms with E-state index >= 15 is 0 Å². The Morgan fingerprint density at radius 3 is 2.86 bits per heavy atom. The first-order chi connectivity index (χ1) is 13.9. The van der Waals surface area contributed by atoms with Gasteiger partial charge in [-0.3, -0.25) is 14.6 Å². The Kier molecular flexibility index (Phi) is 6.17. The van der Waals surface area contributed by atoms with Crippen molar-refractivity contribution in [2.24, 2.45) is 11.7 Å². The molecule has 0 unspecified atom stereocenters. The normalized spacial score (nSPS) is 16.1. The fourth-order valence-corrected chi connectivity index (χ4v) is 3.40. The highest BCUT2D eigenvalue weighted by atomic mass is 16.5. The zero-order valence-corrected chi connectivity index (χ0v) is 16.6. The third-order valence-electron chi connectivity index (χ3n) is 4.77. The van der Waals surface area contributed by atoms with Gasteiger partial charge in [-0.1, -0.05) is 0 Å². The quantitative estimate of drug-likeness (QED) is 0.767. The van der Waals surface area contributed by atoms with E-state index in [9.17, 15) is 9.59 Å². The van der Waals surface area contributed by atoms with Gasteiger partial charge in [0.1, 0.15) is 17.9 Å². The minimum atomic E-state index is -0.580. The molecule has 8 heteroatoms. The SMILES string of the molecule is CC(C)Oc1cc2c(OC[C@@H]3CCN(C(=O)CC#N)C3)ccnc2cc1C(N)=O. The average molecular weight is 396 g/mol. The summed E-state index contributed by atoms with van der Waals surface area (Å²) in [5.41, 5.74) is 6.35. The van der Waals surface area contributed by atoms with Gasteiger partial charge in [0.2, 0.25) is 5.91 Å². The number of nitriles is 1. The molecule has 1 aliphatic rings. The molecule has 2 N–H and O–H groups in total. The molecule has 0 bridgehead atoms. The molecule has 1 saturated heterocycles. The third-order valence-corrected chi connectivity index (χ3v) is 4.77. The molecular weight excluding hydrogens is 372 g/mol. The number of carbonyl (C=O) groups is 2. The molecule has 0 radical (unpaired) electrons. The summed E-state index contributed by atoms with van der Waals surface area (Å²) in [7, 11) is 0. The Morgan fingerprint density at radius 1 is 1.38 bits per heavy atom. The summed E-state index contributed by atoms with van der Waals surface area (Å²) in [6.45, 7) is 5.40. The first-order valence-corrected chi connectivity index (χ1v) is 9.55. The number of benzene rings is 1. The number of fused-ring (bicyclic) bond motifs is 1. The van der Waals surface area contributed by atoms with E-state index in [1.54, 1.807) is 29.3 Å². The van der Waals surface area contributed by atoms with Crippen molar-refractivity contribution in [3.8, 4) is 17.6 Å². The first kappa shape index (κ1) is 20.4. The average Bonchev–Trinajstić information content (AvgIpc) is 3.14. The largest absolute Gasteiger partial charge is 0.492 e. The summed E-state index contributed by atoms with van der Waals surface area (Å²) in [6.07, 6.45) is 2.22. The molecule has 2 heterocycles. The molecular formula is C21H24N4O4. The number of ether oxygens (including phenoxy) is 2. The lowest BCUT2D eigenvalue weighted by molar-refractivity contribution is -0.129. The van der Waals surface area contributed by atoms with Gasteiger partial charge >= 0.3 is 0 Å². The molecule has 29 heavy (non-hydrogen) atoms. The van der Waals surface area contributed by atoms with E-state index in [2.05, 4.69) is 4.98 Å². The van der Waals surface area contributed by atoms with Crippen molar-refractivity contribution in [2.45, 2.75) is 32.8 Å².